The maximum atomic E-state index is 14.0. The average Bonchev–Trinajstić information content (AvgIpc) is 3.33. The number of benzene rings is 2. The SMILES string of the molecule is CCOP(=O)(OCC)C(O)C(O)(CCC(=O)C1CCOCc2ccccc21)NC(=O)[C@H](CC1CCCCC1)NC(=O)OCc1cccc(Cl)c1. The van der Waals surface area contributed by atoms with Crippen LogP contribution in [0.2, 0.25) is 5.02 Å². The molecule has 2 aliphatic rings. The van der Waals surface area contributed by atoms with Crippen molar-refractivity contribution in [2.24, 2.45) is 5.92 Å². The lowest BCUT2D eigenvalue weighted by Crippen LogP contribution is -2.61. The molecule has 1 heterocycles. The Morgan fingerprint density at radius 2 is 1.76 bits per heavy atom. The quantitative estimate of drug-likeness (QED) is 0.106. The molecule has 0 bridgehead atoms. The van der Waals surface area contributed by atoms with Crippen LogP contribution in [-0.2, 0) is 45.9 Å². The van der Waals surface area contributed by atoms with Crippen LogP contribution in [-0.4, -0.2) is 65.4 Å². The number of rotatable bonds is 17. The summed E-state index contributed by atoms with van der Waals surface area (Å²) in [5.74, 6) is -3.82. The van der Waals surface area contributed by atoms with Crippen molar-refractivity contribution >= 4 is 37.0 Å². The molecule has 14 heteroatoms. The molecule has 1 fully saturated rings. The van der Waals surface area contributed by atoms with Gasteiger partial charge in [-0.3, -0.25) is 14.2 Å². The summed E-state index contributed by atoms with van der Waals surface area (Å²) >= 11 is 6.05. The third-order valence-corrected chi connectivity index (χ3v) is 11.7. The van der Waals surface area contributed by atoms with E-state index in [0.717, 1.165) is 43.2 Å². The van der Waals surface area contributed by atoms with E-state index in [0.29, 0.717) is 30.2 Å². The minimum Gasteiger partial charge on any atom is -0.445 e. The average molecular weight is 737 g/mol. The van der Waals surface area contributed by atoms with Crippen molar-refractivity contribution in [3.05, 3.63) is 70.2 Å². The number of aliphatic hydroxyl groups excluding tert-OH is 1. The standard InChI is InChI=1S/C36H50ClN2O10P/c1-3-48-50(45,49-4-2)34(42)36(44,19-17-32(40)30-18-20-46-24-27-14-8-9-16-29(27)30)39-33(41)31(22-25-11-6-5-7-12-25)38-35(43)47-23-26-13-10-15-28(37)21-26/h8-10,13-16,21,25,30-31,34,42,44H,3-7,11-12,17-20,22-24H2,1-2H3,(H,38,43)(H,39,41)/t30?,31-,34?,36?/m0/s1. The highest BCUT2D eigenvalue weighted by Crippen LogP contribution is 2.55. The second kappa shape index (κ2) is 19.1. The maximum Gasteiger partial charge on any atom is 0.408 e. The van der Waals surface area contributed by atoms with Gasteiger partial charge in [0.1, 0.15) is 18.4 Å². The lowest BCUT2D eigenvalue weighted by molar-refractivity contribution is -0.141. The summed E-state index contributed by atoms with van der Waals surface area (Å²) in [6, 6.07) is 13.1. The molecule has 1 saturated carbocycles. The molecule has 4 N–H and O–H groups in total. The van der Waals surface area contributed by atoms with Crippen molar-refractivity contribution in [2.75, 3.05) is 19.8 Å². The van der Waals surface area contributed by atoms with Crippen LogP contribution in [0.25, 0.3) is 0 Å². The third-order valence-electron chi connectivity index (χ3n) is 9.23. The van der Waals surface area contributed by atoms with Gasteiger partial charge in [-0.25, -0.2) is 4.79 Å². The zero-order chi connectivity index (χ0) is 36.1. The summed E-state index contributed by atoms with van der Waals surface area (Å²) in [4.78, 5) is 40.8. The van der Waals surface area contributed by atoms with Gasteiger partial charge in [0.25, 0.3) is 0 Å². The molecular formula is C36H50ClN2O10P. The lowest BCUT2D eigenvalue weighted by atomic mass is 9.84. The Labute approximate surface area is 299 Å². The van der Waals surface area contributed by atoms with E-state index < -0.39 is 49.5 Å². The van der Waals surface area contributed by atoms with Crippen molar-refractivity contribution in [3.8, 4) is 0 Å². The molecule has 1 aliphatic carbocycles. The van der Waals surface area contributed by atoms with Gasteiger partial charge in [0.15, 0.2) is 5.72 Å². The number of hydrogen-bond donors (Lipinski definition) is 4. The Balaban J connectivity index is 1.57. The van der Waals surface area contributed by atoms with Crippen molar-refractivity contribution in [2.45, 2.75) is 108 Å². The molecule has 0 saturated heterocycles. The minimum absolute atomic E-state index is 0.0998. The van der Waals surface area contributed by atoms with Gasteiger partial charge in [-0.05, 0) is 61.4 Å². The largest absolute Gasteiger partial charge is 0.445 e. The number of carbonyl (C=O) groups is 3. The number of aliphatic hydroxyl groups is 2. The summed E-state index contributed by atoms with van der Waals surface area (Å²) < 4.78 is 35.6. The molecule has 3 unspecified atom stereocenters. The zero-order valence-electron chi connectivity index (χ0n) is 28.8. The predicted octanol–water partition coefficient (Wildman–Crippen LogP) is 6.35. The zero-order valence-corrected chi connectivity index (χ0v) is 30.5. The van der Waals surface area contributed by atoms with Gasteiger partial charge in [0.05, 0.1) is 19.8 Å². The molecule has 0 aromatic heterocycles. The molecule has 12 nitrogen and oxygen atoms in total. The van der Waals surface area contributed by atoms with E-state index in [4.69, 9.17) is 30.1 Å². The van der Waals surface area contributed by atoms with Gasteiger partial charge in [0.2, 0.25) is 11.8 Å². The van der Waals surface area contributed by atoms with E-state index in [2.05, 4.69) is 10.6 Å². The number of carbonyl (C=O) groups excluding carboxylic acids is 3. The van der Waals surface area contributed by atoms with Gasteiger partial charge in [-0.15, -0.1) is 0 Å². The summed E-state index contributed by atoms with van der Waals surface area (Å²) in [6.07, 6.45) is 3.68. The fraction of sp³-hybridized carbons (Fsp3) is 0.583. The molecule has 50 heavy (non-hydrogen) atoms. The van der Waals surface area contributed by atoms with Crippen LogP contribution in [0.5, 0.6) is 0 Å². The topological polar surface area (TPSA) is 170 Å². The summed E-state index contributed by atoms with van der Waals surface area (Å²) in [7, 11) is -4.45. The van der Waals surface area contributed by atoms with E-state index in [1.165, 1.54) is 0 Å². The Hall–Kier alpha value is -2.83. The second-order valence-electron chi connectivity index (χ2n) is 12.9. The van der Waals surface area contributed by atoms with Crippen molar-refractivity contribution in [1.29, 1.82) is 0 Å². The predicted molar refractivity (Wildman–Crippen MR) is 187 cm³/mol. The van der Waals surface area contributed by atoms with Gasteiger partial charge < -0.3 is 39.4 Å². The van der Waals surface area contributed by atoms with Gasteiger partial charge in [-0.2, -0.15) is 0 Å². The van der Waals surface area contributed by atoms with Crippen molar-refractivity contribution < 1.29 is 47.7 Å². The Kier molecular flexibility index (Phi) is 15.3. The molecule has 0 spiro atoms. The number of ketones is 1. The number of amides is 2. The normalized spacial score (nSPS) is 19.3. The number of Topliss-reactive ketones (excluding diaryl/α,β-unsaturated/α-hetero) is 1. The van der Waals surface area contributed by atoms with Gasteiger partial charge >= 0.3 is 13.7 Å². The number of halogens is 1. The van der Waals surface area contributed by atoms with E-state index in [9.17, 15) is 29.2 Å². The first-order chi connectivity index (χ1) is 24.0. The van der Waals surface area contributed by atoms with Gasteiger partial charge in [0, 0.05) is 30.4 Å². The lowest BCUT2D eigenvalue weighted by Gasteiger charge is -2.38. The maximum absolute atomic E-state index is 14.0. The molecule has 4 rings (SSSR count). The first kappa shape index (κ1) is 39.9. The minimum atomic E-state index is -4.45. The third kappa shape index (κ3) is 11.1. The molecule has 2 aromatic rings. The Bertz CT molecular complexity index is 1480. The monoisotopic (exact) mass is 736 g/mol. The van der Waals surface area contributed by atoms with Crippen LogP contribution in [0.15, 0.2) is 48.5 Å². The highest BCUT2D eigenvalue weighted by molar-refractivity contribution is 7.54. The first-order valence-electron chi connectivity index (χ1n) is 17.4. The highest BCUT2D eigenvalue weighted by atomic mass is 35.5. The molecule has 4 atom stereocenters. The van der Waals surface area contributed by atoms with Crippen molar-refractivity contribution in [3.63, 3.8) is 0 Å². The molecule has 276 valence electrons. The fourth-order valence-corrected chi connectivity index (χ4v) is 8.68. The van der Waals surface area contributed by atoms with E-state index in [1.54, 1.807) is 38.1 Å². The van der Waals surface area contributed by atoms with E-state index >= 15 is 0 Å². The smallest absolute Gasteiger partial charge is 0.408 e. The van der Waals surface area contributed by atoms with Crippen LogP contribution in [0.3, 0.4) is 0 Å². The van der Waals surface area contributed by atoms with Crippen LogP contribution >= 0.6 is 19.2 Å². The highest BCUT2D eigenvalue weighted by Gasteiger charge is 2.51. The Morgan fingerprint density at radius 1 is 1.04 bits per heavy atom. The molecule has 2 aromatic carbocycles. The molecule has 2 amide bonds. The van der Waals surface area contributed by atoms with Crippen molar-refractivity contribution in [1.82, 2.24) is 10.6 Å². The summed E-state index contributed by atoms with van der Waals surface area (Å²) in [5.41, 5.74) is -0.313. The second-order valence-corrected chi connectivity index (χ2v) is 15.4. The van der Waals surface area contributed by atoms with E-state index in [1.807, 2.05) is 24.3 Å². The number of fused-ring (bicyclic) bond motifs is 1. The van der Waals surface area contributed by atoms with Crippen LogP contribution < -0.4 is 10.6 Å². The number of hydrogen-bond acceptors (Lipinski definition) is 10. The molecular weight excluding hydrogens is 687 g/mol. The van der Waals surface area contributed by atoms with E-state index in [-0.39, 0.29) is 44.4 Å². The van der Waals surface area contributed by atoms with Crippen LogP contribution in [0.1, 0.15) is 94.2 Å². The first-order valence-corrected chi connectivity index (χ1v) is 19.4. The van der Waals surface area contributed by atoms with Crippen LogP contribution in [0, 0.1) is 5.92 Å². The van der Waals surface area contributed by atoms with Gasteiger partial charge in [-0.1, -0.05) is 80.1 Å². The summed E-state index contributed by atoms with van der Waals surface area (Å²) in [6.45, 7) is 3.45. The number of ether oxygens (including phenoxy) is 2. The number of alkyl carbamates (subject to hydrolysis) is 1. The molecule has 1 aliphatic heterocycles. The van der Waals surface area contributed by atoms with Crippen LogP contribution in [0.4, 0.5) is 4.79 Å². The number of nitrogens with one attached hydrogen (secondary N) is 2. The summed E-state index contributed by atoms with van der Waals surface area (Å²) in [5, 5.41) is 29.1. The Morgan fingerprint density at radius 3 is 2.46 bits per heavy atom. The fourth-order valence-electron chi connectivity index (χ4n) is 6.67. The molecule has 0 radical (unpaired) electrons.